The lowest BCUT2D eigenvalue weighted by Crippen LogP contribution is -2.37. The van der Waals surface area contributed by atoms with Crippen molar-refractivity contribution < 1.29 is 37.3 Å². The molecule has 2 atom stereocenters. The van der Waals surface area contributed by atoms with Gasteiger partial charge < -0.3 is 18.9 Å². The molecule has 0 aromatic rings. The van der Waals surface area contributed by atoms with Gasteiger partial charge in [-0.15, -0.1) is 0 Å². The van der Waals surface area contributed by atoms with Crippen molar-refractivity contribution in [3.05, 3.63) is 24.3 Å². The number of ether oxygens (including phenoxy) is 2. The number of nitrogens with zero attached hydrogens (tertiary/aromatic N) is 1. The Balaban J connectivity index is 4.01. The van der Waals surface area contributed by atoms with E-state index < -0.39 is 13.9 Å². The predicted octanol–water partition coefficient (Wildman–Crippen LogP) is 16.7. The van der Waals surface area contributed by atoms with Gasteiger partial charge in [-0.3, -0.25) is 13.8 Å². The Morgan fingerprint density at radius 3 is 1.32 bits per heavy atom. The Bertz CT molecular complexity index is 1060. The minimum Gasteiger partial charge on any atom is -0.457 e. The second-order valence-corrected chi connectivity index (χ2v) is 21.1. The van der Waals surface area contributed by atoms with Gasteiger partial charge in [0.25, 0.3) is 0 Å². The van der Waals surface area contributed by atoms with Crippen LogP contribution < -0.4 is 0 Å². The summed E-state index contributed by atoms with van der Waals surface area (Å²) in [6.07, 6.45) is 56.7. The maximum Gasteiger partial charge on any atom is 0.472 e. The molecular formula is C54H107NO7P+. The van der Waals surface area contributed by atoms with Crippen LogP contribution in [0, 0.1) is 0 Å². The van der Waals surface area contributed by atoms with Crippen molar-refractivity contribution >= 4 is 13.8 Å². The summed E-state index contributed by atoms with van der Waals surface area (Å²) in [7, 11) is 1.67. The van der Waals surface area contributed by atoms with Crippen molar-refractivity contribution in [1.29, 1.82) is 0 Å². The van der Waals surface area contributed by atoms with Crippen molar-refractivity contribution in [2.45, 2.75) is 264 Å². The molecule has 0 aliphatic rings. The average Bonchev–Trinajstić information content (AvgIpc) is 3.24. The number of hydrogen-bond donors (Lipinski definition) is 1. The quantitative estimate of drug-likeness (QED) is 0.0214. The Kier molecular flexibility index (Phi) is 46.7. The lowest BCUT2D eigenvalue weighted by atomic mass is 10.0. The minimum atomic E-state index is -4.28. The number of carbonyl (C=O) groups excluding carboxylic acids is 1. The van der Waals surface area contributed by atoms with Crippen LogP contribution in [-0.4, -0.2) is 75.6 Å². The SMILES string of the molecule is CCCCC/C=C\C/C=C\CCCCCCCC(=O)OC(COCCCCCCCCCCCCCCCCCCCCCCCCCCCC)COP(=O)(O)OCC[N+](C)(C)C. The highest BCUT2D eigenvalue weighted by Gasteiger charge is 2.26. The number of hydrogen-bond acceptors (Lipinski definition) is 6. The Morgan fingerprint density at radius 2 is 0.873 bits per heavy atom. The zero-order valence-corrected chi connectivity index (χ0v) is 43.5. The van der Waals surface area contributed by atoms with Crippen molar-refractivity contribution in [2.75, 3.05) is 54.1 Å². The lowest BCUT2D eigenvalue weighted by molar-refractivity contribution is -0.870. The molecule has 0 rings (SSSR count). The van der Waals surface area contributed by atoms with E-state index in [1.54, 1.807) is 0 Å². The maximum atomic E-state index is 12.7. The van der Waals surface area contributed by atoms with Gasteiger partial charge in [0.05, 0.1) is 34.4 Å². The van der Waals surface area contributed by atoms with E-state index in [-0.39, 0.29) is 25.8 Å². The van der Waals surface area contributed by atoms with Gasteiger partial charge in [0.2, 0.25) is 0 Å². The standard InChI is InChI=1S/C54H106NO7P/c1-6-8-10-12-14-16-18-20-22-23-24-25-26-27-28-29-30-31-32-34-36-38-40-42-44-46-49-59-51-53(52-61-63(57,58)60-50-48-55(3,4)5)62-54(56)47-45-43-41-39-37-35-33-21-19-17-15-13-11-9-7-2/h15,17,21,33,53H,6-14,16,18-20,22-32,34-52H2,1-5H3/p+1/b17-15-,33-21-. The van der Waals surface area contributed by atoms with Crippen molar-refractivity contribution in [3.8, 4) is 0 Å². The van der Waals surface area contributed by atoms with Gasteiger partial charge in [-0.1, -0.05) is 231 Å². The molecule has 63 heavy (non-hydrogen) atoms. The number of rotatable bonds is 51. The third-order valence-corrected chi connectivity index (χ3v) is 13.0. The van der Waals surface area contributed by atoms with E-state index in [1.165, 1.54) is 180 Å². The number of likely N-dealkylation sites (N-methyl/N-ethyl adjacent to an activating group) is 1. The second-order valence-electron chi connectivity index (χ2n) is 19.6. The molecule has 0 bridgehead atoms. The van der Waals surface area contributed by atoms with Gasteiger partial charge in [-0.25, -0.2) is 4.57 Å². The lowest BCUT2D eigenvalue weighted by Gasteiger charge is -2.24. The number of carbonyl (C=O) groups is 1. The van der Waals surface area contributed by atoms with E-state index in [9.17, 15) is 14.3 Å². The summed E-state index contributed by atoms with van der Waals surface area (Å²) in [6, 6.07) is 0. The Labute approximate surface area is 392 Å². The van der Waals surface area contributed by atoms with Crippen LogP contribution in [-0.2, 0) is 27.9 Å². The molecule has 0 aliphatic carbocycles. The highest BCUT2D eigenvalue weighted by Crippen LogP contribution is 2.43. The summed E-state index contributed by atoms with van der Waals surface area (Å²) >= 11 is 0. The van der Waals surface area contributed by atoms with E-state index in [0.717, 1.165) is 57.8 Å². The van der Waals surface area contributed by atoms with Gasteiger partial charge in [0.1, 0.15) is 19.3 Å². The monoisotopic (exact) mass is 913 g/mol. The second kappa shape index (κ2) is 47.5. The van der Waals surface area contributed by atoms with Crippen LogP contribution in [0.15, 0.2) is 24.3 Å². The number of esters is 1. The fraction of sp³-hybridized carbons (Fsp3) is 0.907. The van der Waals surface area contributed by atoms with E-state index in [0.29, 0.717) is 24.1 Å². The molecule has 0 amide bonds. The molecule has 1 N–H and O–H groups in total. The summed E-state index contributed by atoms with van der Waals surface area (Å²) in [6.45, 7) is 5.63. The molecule has 0 saturated carbocycles. The minimum absolute atomic E-state index is 0.0880. The Morgan fingerprint density at radius 1 is 0.492 bits per heavy atom. The number of allylic oxidation sites excluding steroid dienone is 4. The summed E-state index contributed by atoms with van der Waals surface area (Å²) in [5.41, 5.74) is 0. The smallest absolute Gasteiger partial charge is 0.457 e. The topological polar surface area (TPSA) is 91.3 Å². The predicted molar refractivity (Wildman–Crippen MR) is 270 cm³/mol. The van der Waals surface area contributed by atoms with E-state index in [1.807, 2.05) is 21.1 Å². The highest BCUT2D eigenvalue weighted by molar-refractivity contribution is 7.47. The number of unbranched alkanes of at least 4 members (excludes halogenated alkanes) is 33. The summed E-state index contributed by atoms with van der Waals surface area (Å²) in [4.78, 5) is 23.0. The van der Waals surface area contributed by atoms with E-state index >= 15 is 0 Å². The Hall–Kier alpha value is -1.02. The maximum absolute atomic E-state index is 12.7. The summed E-state index contributed by atoms with van der Waals surface area (Å²) < 4.78 is 35.2. The largest absolute Gasteiger partial charge is 0.472 e. The van der Waals surface area contributed by atoms with Crippen LogP contribution in [0.2, 0.25) is 0 Å². The van der Waals surface area contributed by atoms with Gasteiger partial charge in [0.15, 0.2) is 0 Å². The summed E-state index contributed by atoms with van der Waals surface area (Å²) in [5.74, 6) is -0.322. The molecule has 0 fully saturated rings. The normalized spacial score (nSPS) is 13.7. The fourth-order valence-electron chi connectivity index (χ4n) is 7.82. The zero-order valence-electron chi connectivity index (χ0n) is 42.6. The molecule has 0 aromatic carbocycles. The van der Waals surface area contributed by atoms with E-state index in [2.05, 4.69) is 38.2 Å². The van der Waals surface area contributed by atoms with Crippen LogP contribution in [0.1, 0.15) is 258 Å². The van der Waals surface area contributed by atoms with Gasteiger partial charge in [-0.2, -0.15) is 0 Å². The first kappa shape index (κ1) is 62.0. The van der Waals surface area contributed by atoms with Crippen molar-refractivity contribution in [3.63, 3.8) is 0 Å². The average molecular weight is 913 g/mol. The third kappa shape index (κ3) is 51.8. The molecule has 0 aliphatic heterocycles. The van der Waals surface area contributed by atoms with E-state index in [4.69, 9.17) is 18.5 Å². The molecule has 2 unspecified atom stereocenters. The van der Waals surface area contributed by atoms with Crippen LogP contribution in [0.4, 0.5) is 0 Å². The van der Waals surface area contributed by atoms with Crippen LogP contribution in [0.5, 0.6) is 0 Å². The van der Waals surface area contributed by atoms with Gasteiger partial charge >= 0.3 is 13.8 Å². The number of quaternary nitrogens is 1. The zero-order chi connectivity index (χ0) is 46.2. The first-order valence-corrected chi connectivity index (χ1v) is 28.6. The fourth-order valence-corrected chi connectivity index (χ4v) is 8.56. The molecular weight excluding hydrogens is 806 g/mol. The van der Waals surface area contributed by atoms with Crippen molar-refractivity contribution in [2.24, 2.45) is 0 Å². The molecule has 8 nitrogen and oxygen atoms in total. The molecule has 9 heteroatoms. The highest BCUT2D eigenvalue weighted by atomic mass is 31.2. The van der Waals surface area contributed by atoms with Crippen LogP contribution in [0.25, 0.3) is 0 Å². The van der Waals surface area contributed by atoms with Crippen molar-refractivity contribution in [1.82, 2.24) is 0 Å². The summed E-state index contributed by atoms with van der Waals surface area (Å²) in [5, 5.41) is 0. The van der Waals surface area contributed by atoms with Gasteiger partial charge in [0, 0.05) is 13.0 Å². The van der Waals surface area contributed by atoms with Crippen LogP contribution in [0.3, 0.4) is 0 Å². The molecule has 0 saturated heterocycles. The third-order valence-electron chi connectivity index (χ3n) is 12.0. The van der Waals surface area contributed by atoms with Gasteiger partial charge in [-0.05, 0) is 44.9 Å². The molecule has 0 heterocycles. The number of phosphoric acid groups is 1. The van der Waals surface area contributed by atoms with Crippen LogP contribution >= 0.6 is 7.82 Å². The molecule has 0 aromatic heterocycles. The first-order chi connectivity index (χ1) is 30.6. The molecule has 0 radical (unpaired) electrons. The number of phosphoric ester groups is 1. The molecule has 0 spiro atoms. The molecule has 374 valence electrons. The first-order valence-electron chi connectivity index (χ1n) is 27.1.